The fourth-order valence-corrected chi connectivity index (χ4v) is 3.82. The molecule has 3 heterocycles. The van der Waals surface area contributed by atoms with Gasteiger partial charge >= 0.3 is 0 Å². The Morgan fingerprint density at radius 3 is 2.95 bits per heavy atom. The first-order chi connectivity index (χ1) is 9.81. The average molecular weight is 299 g/mol. The molecule has 0 aliphatic rings. The van der Waals surface area contributed by atoms with Crippen molar-refractivity contribution in [3.63, 3.8) is 0 Å². The summed E-state index contributed by atoms with van der Waals surface area (Å²) in [6.07, 6.45) is 1.58. The lowest BCUT2D eigenvalue weighted by molar-refractivity contribution is 0.653. The zero-order chi connectivity index (χ0) is 13.5. The van der Waals surface area contributed by atoms with Crippen LogP contribution in [-0.2, 0) is 0 Å². The summed E-state index contributed by atoms with van der Waals surface area (Å²) in [5, 5.41) is 3.85. The third-order valence-electron chi connectivity index (χ3n) is 2.91. The van der Waals surface area contributed by atoms with Crippen LogP contribution in [0.25, 0.3) is 22.1 Å². The second kappa shape index (κ2) is 4.57. The van der Waals surface area contributed by atoms with Crippen LogP contribution in [0.4, 0.5) is 0 Å². The Bertz CT molecular complexity index is 913. The fraction of sp³-hybridized carbons (Fsp3) is 0.0714. The molecular weight excluding hydrogens is 290 g/mol. The maximum Gasteiger partial charge on any atom is 0.186 e. The highest BCUT2D eigenvalue weighted by molar-refractivity contribution is 8.01. The minimum atomic E-state index is 0.728. The van der Waals surface area contributed by atoms with Gasteiger partial charge in [-0.15, -0.1) is 11.3 Å². The molecule has 4 aromatic rings. The van der Waals surface area contributed by atoms with Gasteiger partial charge in [-0.2, -0.15) is 0 Å². The largest absolute Gasteiger partial charge is 0.451 e. The van der Waals surface area contributed by atoms with Crippen molar-refractivity contribution >= 4 is 45.2 Å². The number of fused-ring (bicyclic) bond motifs is 3. The quantitative estimate of drug-likeness (QED) is 0.517. The van der Waals surface area contributed by atoms with Crippen LogP contribution in [-0.4, -0.2) is 15.0 Å². The van der Waals surface area contributed by atoms with Gasteiger partial charge in [-0.25, -0.2) is 15.0 Å². The Balaban J connectivity index is 1.91. The van der Waals surface area contributed by atoms with E-state index in [9.17, 15) is 0 Å². The molecule has 0 aliphatic heterocycles. The number of nitrogens with zero attached hydrogens (tertiary/aromatic N) is 3. The lowest BCUT2D eigenvalue weighted by atomic mass is 10.2. The van der Waals surface area contributed by atoms with E-state index in [0.29, 0.717) is 0 Å². The monoisotopic (exact) mass is 299 g/mol. The van der Waals surface area contributed by atoms with E-state index in [1.807, 2.05) is 36.6 Å². The highest BCUT2D eigenvalue weighted by Crippen LogP contribution is 2.36. The van der Waals surface area contributed by atoms with Crippen molar-refractivity contribution in [1.29, 1.82) is 0 Å². The van der Waals surface area contributed by atoms with Crippen molar-refractivity contribution in [2.45, 2.75) is 16.3 Å². The number of rotatable bonds is 2. The Morgan fingerprint density at radius 1 is 1.20 bits per heavy atom. The van der Waals surface area contributed by atoms with E-state index in [1.54, 1.807) is 17.7 Å². The van der Waals surface area contributed by atoms with Crippen molar-refractivity contribution in [3.8, 4) is 0 Å². The minimum absolute atomic E-state index is 0.728. The van der Waals surface area contributed by atoms with E-state index in [1.165, 1.54) is 11.8 Å². The van der Waals surface area contributed by atoms with Gasteiger partial charge in [-0.05, 0) is 30.8 Å². The summed E-state index contributed by atoms with van der Waals surface area (Å²) in [5.41, 5.74) is 3.44. The number of hydrogen-bond acceptors (Lipinski definition) is 6. The van der Waals surface area contributed by atoms with E-state index in [-0.39, 0.29) is 0 Å². The number of furan rings is 1. The van der Waals surface area contributed by atoms with Gasteiger partial charge in [0, 0.05) is 16.5 Å². The van der Waals surface area contributed by atoms with E-state index in [2.05, 4.69) is 15.0 Å². The van der Waals surface area contributed by atoms with E-state index in [4.69, 9.17) is 4.42 Å². The summed E-state index contributed by atoms with van der Waals surface area (Å²) in [5.74, 6) is 0. The van der Waals surface area contributed by atoms with Crippen LogP contribution in [0, 0.1) is 6.92 Å². The zero-order valence-corrected chi connectivity index (χ0v) is 12.2. The van der Waals surface area contributed by atoms with Crippen molar-refractivity contribution in [2.24, 2.45) is 0 Å². The van der Waals surface area contributed by atoms with Gasteiger partial charge in [0.15, 0.2) is 9.92 Å². The zero-order valence-electron chi connectivity index (χ0n) is 10.5. The number of aromatic nitrogens is 3. The predicted octanol–water partition coefficient (Wildman–Crippen LogP) is 4.29. The molecule has 0 fully saturated rings. The summed E-state index contributed by atoms with van der Waals surface area (Å²) in [6.45, 7) is 1.98. The third-order valence-corrected chi connectivity index (χ3v) is 4.95. The van der Waals surface area contributed by atoms with Crippen molar-refractivity contribution < 1.29 is 4.42 Å². The highest BCUT2D eigenvalue weighted by atomic mass is 32.2. The molecule has 0 amide bonds. The second-order valence-electron chi connectivity index (χ2n) is 4.31. The number of benzene rings is 1. The molecule has 1 aromatic carbocycles. The molecule has 0 N–H and O–H groups in total. The lowest BCUT2D eigenvalue weighted by Crippen LogP contribution is -1.83. The molecule has 0 aliphatic carbocycles. The molecule has 0 bridgehead atoms. The van der Waals surface area contributed by atoms with Crippen molar-refractivity contribution in [2.75, 3.05) is 0 Å². The normalized spacial score (nSPS) is 11.4. The van der Waals surface area contributed by atoms with Crippen LogP contribution in [0.2, 0.25) is 0 Å². The maximum absolute atomic E-state index is 5.89. The number of aryl methyl sites for hydroxylation is 1. The number of thiazole rings is 1. The maximum atomic E-state index is 5.89. The molecule has 0 spiro atoms. The van der Waals surface area contributed by atoms with Gasteiger partial charge in [0.1, 0.15) is 22.5 Å². The Hall–Kier alpha value is -1.92. The standard InChI is InChI=1S/C14H9N3OS2/c1-8-6-19-14(17-8)20-13-12-11(15-7-16-13)9-4-2-3-5-10(9)18-12/h2-7H,1H3. The topological polar surface area (TPSA) is 51.8 Å². The van der Waals surface area contributed by atoms with Crippen LogP contribution in [0.1, 0.15) is 5.69 Å². The highest BCUT2D eigenvalue weighted by Gasteiger charge is 2.14. The molecule has 0 atom stereocenters. The van der Waals surface area contributed by atoms with Gasteiger partial charge in [-0.3, -0.25) is 0 Å². The first kappa shape index (κ1) is 11.9. The number of hydrogen-bond donors (Lipinski definition) is 0. The van der Waals surface area contributed by atoms with Crippen molar-refractivity contribution in [1.82, 2.24) is 15.0 Å². The number of para-hydroxylation sites is 1. The third kappa shape index (κ3) is 1.88. The molecule has 0 saturated heterocycles. The van der Waals surface area contributed by atoms with Crippen LogP contribution >= 0.6 is 23.1 Å². The Labute approximate surface area is 122 Å². The Morgan fingerprint density at radius 2 is 2.10 bits per heavy atom. The van der Waals surface area contributed by atoms with Crippen LogP contribution in [0.5, 0.6) is 0 Å². The van der Waals surface area contributed by atoms with Gasteiger partial charge in [0.2, 0.25) is 0 Å². The molecule has 3 aromatic heterocycles. The molecule has 4 rings (SSSR count). The summed E-state index contributed by atoms with van der Waals surface area (Å²) < 4.78 is 6.85. The minimum Gasteiger partial charge on any atom is -0.451 e. The smallest absolute Gasteiger partial charge is 0.186 e. The van der Waals surface area contributed by atoms with Crippen LogP contribution < -0.4 is 0 Å². The molecular formula is C14H9N3OS2. The lowest BCUT2D eigenvalue weighted by Gasteiger charge is -1.96. The summed E-state index contributed by atoms with van der Waals surface area (Å²) in [6, 6.07) is 7.89. The fourth-order valence-electron chi connectivity index (χ4n) is 2.04. The van der Waals surface area contributed by atoms with E-state index < -0.39 is 0 Å². The second-order valence-corrected chi connectivity index (χ2v) is 6.41. The van der Waals surface area contributed by atoms with Crippen LogP contribution in [0.15, 0.2) is 49.8 Å². The molecule has 6 heteroatoms. The first-order valence-corrected chi connectivity index (χ1v) is 7.73. The van der Waals surface area contributed by atoms with Gasteiger partial charge in [-0.1, -0.05) is 12.1 Å². The molecule has 0 radical (unpaired) electrons. The molecule has 4 nitrogen and oxygen atoms in total. The van der Waals surface area contributed by atoms with Crippen LogP contribution in [0.3, 0.4) is 0 Å². The summed E-state index contributed by atoms with van der Waals surface area (Å²) in [7, 11) is 0. The summed E-state index contributed by atoms with van der Waals surface area (Å²) in [4.78, 5) is 13.1. The molecule has 98 valence electrons. The molecule has 20 heavy (non-hydrogen) atoms. The van der Waals surface area contributed by atoms with E-state index in [0.717, 1.165) is 37.1 Å². The summed E-state index contributed by atoms with van der Waals surface area (Å²) >= 11 is 3.13. The SMILES string of the molecule is Cc1csc(Sc2ncnc3c2oc2ccccc23)n1. The van der Waals surface area contributed by atoms with Gasteiger partial charge in [0.05, 0.1) is 0 Å². The van der Waals surface area contributed by atoms with Crippen molar-refractivity contribution in [3.05, 3.63) is 41.7 Å². The molecule has 0 unspecified atom stereocenters. The van der Waals surface area contributed by atoms with Gasteiger partial charge < -0.3 is 4.42 Å². The average Bonchev–Trinajstić information content (AvgIpc) is 3.03. The van der Waals surface area contributed by atoms with Gasteiger partial charge in [0.25, 0.3) is 0 Å². The Kier molecular flexibility index (Phi) is 2.71. The predicted molar refractivity (Wildman–Crippen MR) is 80.3 cm³/mol. The van der Waals surface area contributed by atoms with E-state index >= 15 is 0 Å². The molecule has 0 saturated carbocycles. The first-order valence-electron chi connectivity index (χ1n) is 6.03.